The molecule has 2 aromatic rings. The van der Waals surface area contributed by atoms with Crippen LogP contribution in [0.2, 0.25) is 5.02 Å². The number of nitro benzene ring substituents is 1. The van der Waals surface area contributed by atoms with Crippen LogP contribution in [0.3, 0.4) is 0 Å². The molecular formula is C21H18BrClN4O7. The lowest BCUT2D eigenvalue weighted by Gasteiger charge is -2.17. The molecule has 178 valence electrons. The molecule has 0 spiro atoms. The van der Waals surface area contributed by atoms with E-state index in [0.29, 0.717) is 20.7 Å². The van der Waals surface area contributed by atoms with Crippen molar-refractivity contribution in [2.45, 2.75) is 13.3 Å². The largest absolute Gasteiger partial charge is 0.455 e. The van der Waals surface area contributed by atoms with Gasteiger partial charge in [-0.25, -0.2) is 0 Å². The van der Waals surface area contributed by atoms with Gasteiger partial charge in [-0.1, -0.05) is 23.7 Å². The molecule has 0 aromatic heterocycles. The molecular weight excluding hydrogens is 536 g/mol. The zero-order valence-electron chi connectivity index (χ0n) is 17.7. The third-order valence-corrected chi connectivity index (χ3v) is 6.38. The number of esters is 1. The Hall–Kier alpha value is -3.51. The maximum Gasteiger partial charge on any atom is 0.311 e. The summed E-state index contributed by atoms with van der Waals surface area (Å²) in [7, 11) is 0. The normalized spacial score (nSPS) is 15.1. The molecule has 34 heavy (non-hydrogen) atoms. The zero-order valence-corrected chi connectivity index (χ0v) is 20.0. The van der Waals surface area contributed by atoms with Crippen LogP contribution in [0.4, 0.5) is 11.4 Å². The van der Waals surface area contributed by atoms with Gasteiger partial charge in [0, 0.05) is 22.6 Å². The van der Waals surface area contributed by atoms with E-state index in [1.54, 1.807) is 19.1 Å². The molecule has 1 aliphatic heterocycles. The van der Waals surface area contributed by atoms with Gasteiger partial charge < -0.3 is 10.1 Å². The number of carbonyl (C=O) groups excluding carboxylic acids is 4. The second-order valence-corrected chi connectivity index (χ2v) is 8.54. The van der Waals surface area contributed by atoms with E-state index < -0.39 is 46.8 Å². The molecule has 0 bridgehead atoms. The van der Waals surface area contributed by atoms with Crippen LogP contribution >= 0.6 is 27.5 Å². The Morgan fingerprint density at radius 2 is 1.97 bits per heavy atom. The van der Waals surface area contributed by atoms with Crippen LogP contribution in [-0.4, -0.2) is 46.8 Å². The summed E-state index contributed by atoms with van der Waals surface area (Å²) in [4.78, 5) is 59.5. The van der Waals surface area contributed by atoms with Gasteiger partial charge in [-0.15, -0.1) is 0 Å². The summed E-state index contributed by atoms with van der Waals surface area (Å²) in [6, 6.07) is 8.56. The lowest BCUT2D eigenvalue weighted by molar-refractivity contribution is -0.385. The second-order valence-electron chi connectivity index (χ2n) is 7.31. The predicted molar refractivity (Wildman–Crippen MR) is 124 cm³/mol. The topological polar surface area (TPSA) is 148 Å². The number of halogens is 2. The number of rotatable bonds is 7. The number of carbonyl (C=O) groups is 4. The lowest BCUT2D eigenvalue weighted by atomic mass is 10.1. The number of nitro groups is 1. The fourth-order valence-electron chi connectivity index (χ4n) is 3.21. The van der Waals surface area contributed by atoms with Crippen LogP contribution in [0.25, 0.3) is 0 Å². The first kappa shape index (κ1) is 25.1. The number of benzene rings is 2. The SMILES string of the molecule is Cc1c(NC(=O)COC(=O)[C@@H]2CC(=O)N(NC(=O)c3ccccc3[N+](=O)[O-])C2)ccc(Br)c1Cl. The molecule has 0 aliphatic carbocycles. The Labute approximate surface area is 206 Å². The third-order valence-electron chi connectivity index (χ3n) is 5.00. The van der Waals surface area contributed by atoms with Gasteiger partial charge in [-0.05, 0) is 46.6 Å². The van der Waals surface area contributed by atoms with E-state index in [9.17, 15) is 29.3 Å². The van der Waals surface area contributed by atoms with Crippen LogP contribution in [0.1, 0.15) is 22.3 Å². The van der Waals surface area contributed by atoms with Crippen molar-refractivity contribution in [3.63, 3.8) is 0 Å². The molecule has 11 nitrogen and oxygen atoms in total. The standard InChI is InChI=1S/C21H18BrClN4O7/c1-11-15(7-6-14(22)19(11)23)24-17(28)10-34-21(31)12-8-18(29)26(9-12)25-20(30)13-4-2-3-5-16(13)27(32)33/h2-7,12H,8-10H2,1H3,(H,24,28)(H,25,30)/t12-/m1/s1. The Morgan fingerprint density at radius 3 is 2.68 bits per heavy atom. The van der Waals surface area contributed by atoms with Gasteiger partial charge in [0.1, 0.15) is 5.56 Å². The summed E-state index contributed by atoms with van der Waals surface area (Å²) >= 11 is 9.40. The number of nitrogens with zero attached hydrogens (tertiary/aromatic N) is 2. The summed E-state index contributed by atoms with van der Waals surface area (Å²) in [5.74, 6) is -3.75. The molecule has 2 N–H and O–H groups in total. The molecule has 0 unspecified atom stereocenters. The zero-order chi connectivity index (χ0) is 25.0. The Balaban J connectivity index is 1.54. The molecule has 1 atom stereocenters. The van der Waals surface area contributed by atoms with Gasteiger partial charge in [0.25, 0.3) is 17.5 Å². The monoisotopic (exact) mass is 552 g/mol. The Kier molecular flexibility index (Phi) is 7.84. The molecule has 3 rings (SSSR count). The van der Waals surface area contributed by atoms with Crippen LogP contribution < -0.4 is 10.7 Å². The Morgan fingerprint density at radius 1 is 1.26 bits per heavy atom. The Bertz CT molecular complexity index is 1190. The van der Waals surface area contributed by atoms with Crippen molar-refractivity contribution < 1.29 is 28.8 Å². The van der Waals surface area contributed by atoms with Gasteiger partial charge in [0.05, 0.1) is 22.4 Å². The number of amides is 3. The van der Waals surface area contributed by atoms with E-state index in [4.69, 9.17) is 16.3 Å². The lowest BCUT2D eigenvalue weighted by Crippen LogP contribution is -2.43. The summed E-state index contributed by atoms with van der Waals surface area (Å²) < 4.78 is 5.68. The molecule has 13 heteroatoms. The van der Waals surface area contributed by atoms with Gasteiger partial charge in [-0.3, -0.25) is 39.7 Å². The molecule has 0 saturated carbocycles. The van der Waals surface area contributed by atoms with Crippen LogP contribution in [0, 0.1) is 23.0 Å². The van der Waals surface area contributed by atoms with Crippen LogP contribution in [0.5, 0.6) is 0 Å². The van der Waals surface area contributed by atoms with Gasteiger partial charge in [0.2, 0.25) is 5.91 Å². The van der Waals surface area contributed by atoms with Crippen molar-refractivity contribution in [3.8, 4) is 0 Å². The molecule has 0 radical (unpaired) electrons. The highest BCUT2D eigenvalue weighted by atomic mass is 79.9. The van der Waals surface area contributed by atoms with Gasteiger partial charge in [0.15, 0.2) is 6.61 Å². The number of para-hydroxylation sites is 1. The molecule has 1 aliphatic rings. The van der Waals surface area contributed by atoms with Crippen molar-refractivity contribution in [2.24, 2.45) is 5.92 Å². The quantitative estimate of drug-likeness (QED) is 0.304. The fraction of sp³-hybridized carbons (Fsp3) is 0.238. The summed E-state index contributed by atoms with van der Waals surface area (Å²) in [5, 5.41) is 15.0. The minimum Gasteiger partial charge on any atom is -0.455 e. The van der Waals surface area contributed by atoms with Crippen molar-refractivity contribution >= 4 is 62.6 Å². The van der Waals surface area contributed by atoms with Crippen molar-refractivity contribution in [1.29, 1.82) is 0 Å². The van der Waals surface area contributed by atoms with Gasteiger partial charge in [-0.2, -0.15) is 0 Å². The van der Waals surface area contributed by atoms with E-state index in [1.165, 1.54) is 18.2 Å². The molecule has 1 fully saturated rings. The third kappa shape index (κ3) is 5.69. The van der Waals surface area contributed by atoms with E-state index in [-0.39, 0.29) is 18.5 Å². The number of anilines is 1. The van der Waals surface area contributed by atoms with Crippen molar-refractivity contribution in [1.82, 2.24) is 10.4 Å². The van der Waals surface area contributed by atoms with E-state index in [0.717, 1.165) is 11.1 Å². The molecule has 3 amide bonds. The molecule has 1 heterocycles. The highest BCUT2D eigenvalue weighted by Crippen LogP contribution is 2.31. The van der Waals surface area contributed by atoms with Crippen molar-refractivity contribution in [3.05, 3.63) is 67.1 Å². The number of hydrogen-bond acceptors (Lipinski definition) is 7. The maximum atomic E-state index is 12.4. The first-order valence-corrected chi connectivity index (χ1v) is 11.0. The van der Waals surface area contributed by atoms with E-state index >= 15 is 0 Å². The first-order chi connectivity index (χ1) is 16.1. The summed E-state index contributed by atoms with van der Waals surface area (Å²) in [6.07, 6.45) is -0.251. The first-order valence-electron chi connectivity index (χ1n) is 9.84. The maximum absolute atomic E-state index is 12.4. The number of nitrogens with one attached hydrogen (secondary N) is 2. The highest BCUT2D eigenvalue weighted by molar-refractivity contribution is 9.10. The number of ether oxygens (including phenoxy) is 1. The fourth-order valence-corrected chi connectivity index (χ4v) is 3.80. The summed E-state index contributed by atoms with van der Waals surface area (Å²) in [5.41, 5.74) is 2.70. The predicted octanol–water partition coefficient (Wildman–Crippen LogP) is 2.99. The smallest absolute Gasteiger partial charge is 0.311 e. The van der Waals surface area contributed by atoms with Gasteiger partial charge >= 0.3 is 5.97 Å². The molecule has 2 aromatic carbocycles. The summed E-state index contributed by atoms with van der Waals surface area (Å²) in [6.45, 7) is 0.929. The van der Waals surface area contributed by atoms with Crippen LogP contribution in [-0.2, 0) is 19.1 Å². The number of hydrogen-bond donors (Lipinski definition) is 2. The van der Waals surface area contributed by atoms with Crippen LogP contribution in [0.15, 0.2) is 40.9 Å². The second kappa shape index (κ2) is 10.6. The van der Waals surface area contributed by atoms with E-state index in [1.807, 2.05) is 0 Å². The minimum absolute atomic E-state index is 0.201. The van der Waals surface area contributed by atoms with E-state index in [2.05, 4.69) is 26.7 Å². The number of hydrazine groups is 1. The highest BCUT2D eigenvalue weighted by Gasteiger charge is 2.37. The molecule has 1 saturated heterocycles. The van der Waals surface area contributed by atoms with Crippen molar-refractivity contribution in [2.75, 3.05) is 18.5 Å². The average Bonchev–Trinajstić information content (AvgIpc) is 3.17. The average molecular weight is 554 g/mol. The minimum atomic E-state index is -0.921.